The van der Waals surface area contributed by atoms with Crippen LogP contribution in [0.5, 0.6) is 0 Å². The van der Waals surface area contributed by atoms with Gasteiger partial charge in [0.2, 0.25) is 0 Å². The lowest BCUT2D eigenvalue weighted by atomic mass is 10.1. The molecule has 0 aliphatic carbocycles. The van der Waals surface area contributed by atoms with Crippen molar-refractivity contribution in [1.29, 1.82) is 0 Å². The number of nitrogens with one attached hydrogen (secondary N) is 2. The van der Waals surface area contributed by atoms with E-state index in [2.05, 4.69) is 30.5 Å². The van der Waals surface area contributed by atoms with E-state index in [1.807, 2.05) is 45.0 Å². The third-order valence-electron chi connectivity index (χ3n) is 6.06. The molecule has 0 radical (unpaired) electrons. The van der Waals surface area contributed by atoms with Gasteiger partial charge in [0.1, 0.15) is 23.1 Å². The Morgan fingerprint density at radius 1 is 1.00 bits per heavy atom. The summed E-state index contributed by atoms with van der Waals surface area (Å²) in [6, 6.07) is 7.75. The number of esters is 1. The molecule has 3 aromatic rings. The van der Waals surface area contributed by atoms with Crippen molar-refractivity contribution < 1.29 is 19.1 Å². The Morgan fingerprint density at radius 3 is 2.50 bits per heavy atom. The Hall–Kier alpha value is -4.48. The molecule has 1 saturated heterocycles. The Labute approximate surface area is 234 Å². The van der Waals surface area contributed by atoms with Crippen LogP contribution in [-0.2, 0) is 14.3 Å². The normalized spacial score (nSPS) is 13.5. The SMILES string of the molecule is COC(=O)CCCNc1cc(Nc2cnccn2)nc(-c2ccnc(N3CCN(C(=O)OC(C)(C)C)CC3)c2)c1. The lowest BCUT2D eigenvalue weighted by molar-refractivity contribution is -0.140. The van der Waals surface area contributed by atoms with E-state index in [0.717, 1.165) is 22.8 Å². The van der Waals surface area contributed by atoms with E-state index in [9.17, 15) is 9.59 Å². The number of carbonyl (C=O) groups is 2. The second-order valence-electron chi connectivity index (χ2n) is 10.3. The van der Waals surface area contributed by atoms with Gasteiger partial charge in [-0.25, -0.2) is 19.7 Å². The molecule has 0 unspecified atom stereocenters. The lowest BCUT2D eigenvalue weighted by Gasteiger charge is -2.36. The molecule has 40 heavy (non-hydrogen) atoms. The quantitative estimate of drug-likeness (QED) is 0.296. The number of ether oxygens (including phenoxy) is 2. The maximum Gasteiger partial charge on any atom is 0.410 e. The van der Waals surface area contributed by atoms with Crippen molar-refractivity contribution in [3.8, 4) is 11.3 Å². The predicted molar refractivity (Wildman–Crippen MR) is 153 cm³/mol. The van der Waals surface area contributed by atoms with Crippen molar-refractivity contribution >= 4 is 35.2 Å². The predicted octanol–water partition coefficient (Wildman–Crippen LogP) is 4.10. The van der Waals surface area contributed by atoms with Gasteiger partial charge in [0.25, 0.3) is 0 Å². The lowest BCUT2D eigenvalue weighted by Crippen LogP contribution is -2.50. The molecule has 1 aliphatic rings. The molecule has 3 aromatic heterocycles. The number of aromatic nitrogens is 4. The number of anilines is 4. The zero-order valence-electron chi connectivity index (χ0n) is 23.4. The summed E-state index contributed by atoms with van der Waals surface area (Å²) < 4.78 is 10.2. The number of amides is 1. The molecule has 0 spiro atoms. The Bertz CT molecular complexity index is 1290. The van der Waals surface area contributed by atoms with Crippen molar-refractivity contribution in [3.63, 3.8) is 0 Å². The Kier molecular flexibility index (Phi) is 9.31. The molecular formula is C28H36N8O4. The Morgan fingerprint density at radius 2 is 1.80 bits per heavy atom. The van der Waals surface area contributed by atoms with Crippen LogP contribution in [0.3, 0.4) is 0 Å². The monoisotopic (exact) mass is 548 g/mol. The maximum atomic E-state index is 12.5. The molecule has 4 heterocycles. The van der Waals surface area contributed by atoms with E-state index in [1.54, 1.807) is 29.7 Å². The number of nitrogens with zero attached hydrogens (tertiary/aromatic N) is 6. The van der Waals surface area contributed by atoms with Crippen LogP contribution < -0.4 is 15.5 Å². The fourth-order valence-corrected chi connectivity index (χ4v) is 4.10. The summed E-state index contributed by atoms with van der Waals surface area (Å²) in [7, 11) is 1.39. The molecule has 0 atom stereocenters. The van der Waals surface area contributed by atoms with Gasteiger partial charge >= 0.3 is 12.1 Å². The summed E-state index contributed by atoms with van der Waals surface area (Å²) in [4.78, 5) is 45.6. The minimum Gasteiger partial charge on any atom is -0.469 e. The van der Waals surface area contributed by atoms with Crippen LogP contribution in [0.1, 0.15) is 33.6 Å². The molecule has 1 fully saturated rings. The highest BCUT2D eigenvalue weighted by atomic mass is 16.6. The molecule has 0 aromatic carbocycles. The van der Waals surface area contributed by atoms with Crippen LogP contribution in [0, 0.1) is 0 Å². The average molecular weight is 549 g/mol. The van der Waals surface area contributed by atoms with Gasteiger partial charge in [0.15, 0.2) is 0 Å². The average Bonchev–Trinajstić information content (AvgIpc) is 2.95. The number of pyridine rings is 2. The maximum absolute atomic E-state index is 12.5. The molecule has 12 nitrogen and oxygen atoms in total. The first-order valence-electron chi connectivity index (χ1n) is 13.3. The second kappa shape index (κ2) is 13.0. The topological polar surface area (TPSA) is 135 Å². The van der Waals surface area contributed by atoms with Crippen molar-refractivity contribution in [2.24, 2.45) is 0 Å². The van der Waals surface area contributed by atoms with Crippen molar-refractivity contribution in [2.75, 3.05) is 55.4 Å². The molecule has 1 amide bonds. The van der Waals surface area contributed by atoms with Crippen molar-refractivity contribution in [3.05, 3.63) is 49.1 Å². The Balaban J connectivity index is 1.50. The minimum atomic E-state index is -0.525. The zero-order chi connectivity index (χ0) is 28.5. The first kappa shape index (κ1) is 28.5. The third kappa shape index (κ3) is 8.26. The van der Waals surface area contributed by atoms with Crippen LogP contribution in [-0.4, -0.2) is 82.3 Å². The van der Waals surface area contributed by atoms with Crippen LogP contribution in [0.15, 0.2) is 49.1 Å². The van der Waals surface area contributed by atoms with Crippen LogP contribution >= 0.6 is 0 Å². The van der Waals surface area contributed by atoms with Crippen molar-refractivity contribution in [2.45, 2.75) is 39.2 Å². The van der Waals surface area contributed by atoms with Gasteiger partial charge in [-0.05, 0) is 45.4 Å². The van der Waals surface area contributed by atoms with Gasteiger partial charge in [0.05, 0.1) is 19.0 Å². The number of piperazine rings is 1. The molecule has 1 aliphatic heterocycles. The summed E-state index contributed by atoms with van der Waals surface area (Å²) in [5.41, 5.74) is 1.94. The summed E-state index contributed by atoms with van der Waals surface area (Å²) in [6.07, 6.45) is 7.27. The first-order valence-corrected chi connectivity index (χ1v) is 13.3. The van der Waals surface area contributed by atoms with Gasteiger partial charge in [0, 0.05) is 75.1 Å². The molecule has 0 saturated carbocycles. The van der Waals surface area contributed by atoms with Crippen LogP contribution in [0.2, 0.25) is 0 Å². The largest absolute Gasteiger partial charge is 0.469 e. The van der Waals surface area contributed by atoms with Gasteiger partial charge < -0.3 is 29.9 Å². The molecule has 2 N–H and O–H groups in total. The van der Waals surface area contributed by atoms with Gasteiger partial charge in [-0.1, -0.05) is 0 Å². The molecule has 212 valence electrons. The van der Waals surface area contributed by atoms with E-state index < -0.39 is 5.60 Å². The standard InChI is InChI=1S/C28H36N8O4/c1-28(2,3)40-27(38)36-14-12-35(13-15-36)25-16-20(7-9-32-25)22-17-21(30-8-5-6-26(37)39-4)18-23(33-22)34-24-19-29-10-11-31-24/h7,9-11,16-19H,5-6,8,12-15H2,1-4H3,(H2,30,31,33,34). The fraction of sp³-hybridized carbons (Fsp3) is 0.429. The number of hydrogen-bond donors (Lipinski definition) is 2. The van der Waals surface area contributed by atoms with E-state index in [1.165, 1.54) is 7.11 Å². The summed E-state index contributed by atoms with van der Waals surface area (Å²) in [6.45, 7) is 8.58. The van der Waals surface area contributed by atoms with Gasteiger partial charge in [-0.15, -0.1) is 0 Å². The molecule has 0 bridgehead atoms. The third-order valence-corrected chi connectivity index (χ3v) is 6.06. The summed E-state index contributed by atoms with van der Waals surface area (Å²) in [5.74, 6) is 1.74. The van der Waals surface area contributed by atoms with E-state index >= 15 is 0 Å². The highest BCUT2D eigenvalue weighted by Gasteiger charge is 2.26. The smallest absolute Gasteiger partial charge is 0.410 e. The van der Waals surface area contributed by atoms with E-state index in [0.29, 0.717) is 57.2 Å². The number of hydrogen-bond acceptors (Lipinski definition) is 11. The molecule has 4 rings (SSSR count). The van der Waals surface area contributed by atoms with Gasteiger partial charge in [-0.3, -0.25) is 9.78 Å². The number of rotatable bonds is 9. The first-order chi connectivity index (χ1) is 19.2. The van der Waals surface area contributed by atoms with Gasteiger partial charge in [-0.2, -0.15) is 0 Å². The highest BCUT2D eigenvalue weighted by molar-refractivity contribution is 5.72. The molecular weight excluding hydrogens is 512 g/mol. The van der Waals surface area contributed by atoms with E-state index in [-0.39, 0.29) is 12.1 Å². The minimum absolute atomic E-state index is 0.238. The summed E-state index contributed by atoms with van der Waals surface area (Å²) >= 11 is 0. The second-order valence-corrected chi connectivity index (χ2v) is 10.3. The van der Waals surface area contributed by atoms with Crippen LogP contribution in [0.4, 0.5) is 27.9 Å². The number of methoxy groups -OCH3 is 1. The zero-order valence-corrected chi connectivity index (χ0v) is 23.4. The fourth-order valence-electron chi connectivity index (χ4n) is 4.10. The number of carbonyl (C=O) groups excluding carboxylic acids is 2. The van der Waals surface area contributed by atoms with Crippen LogP contribution in [0.25, 0.3) is 11.3 Å². The molecule has 12 heteroatoms. The highest BCUT2D eigenvalue weighted by Crippen LogP contribution is 2.28. The van der Waals surface area contributed by atoms with E-state index in [4.69, 9.17) is 14.5 Å². The van der Waals surface area contributed by atoms with Crippen molar-refractivity contribution in [1.82, 2.24) is 24.8 Å². The summed E-state index contributed by atoms with van der Waals surface area (Å²) in [5, 5.41) is 6.58.